The molecule has 2 aliphatic heterocycles. The first-order chi connectivity index (χ1) is 9.03. The molecule has 2 saturated heterocycles. The quantitative estimate of drug-likeness (QED) is 0.868. The van der Waals surface area contributed by atoms with Crippen molar-refractivity contribution < 1.29 is 19.7 Å². The molecule has 104 valence electrons. The average Bonchev–Trinajstić information content (AvgIpc) is 2.84. The SMILES string of the molecule is O[C@@H]1CO[C@@]2(Cc3ccc(Cl)cc3Cl)[C@@H]1OC[C@@H]2O. The van der Waals surface area contributed by atoms with Crippen molar-refractivity contribution in [2.24, 2.45) is 0 Å². The van der Waals surface area contributed by atoms with Gasteiger partial charge in [0.15, 0.2) is 0 Å². The first kappa shape index (κ1) is 13.6. The summed E-state index contributed by atoms with van der Waals surface area (Å²) in [4.78, 5) is 0. The molecule has 0 unspecified atom stereocenters. The Morgan fingerprint density at radius 3 is 2.79 bits per heavy atom. The maximum atomic E-state index is 10.1. The Morgan fingerprint density at radius 2 is 2.05 bits per heavy atom. The van der Waals surface area contributed by atoms with E-state index in [9.17, 15) is 10.2 Å². The fraction of sp³-hybridized carbons (Fsp3) is 0.538. The number of fused-ring (bicyclic) bond motifs is 1. The van der Waals surface area contributed by atoms with E-state index in [1.54, 1.807) is 18.2 Å². The summed E-state index contributed by atoms with van der Waals surface area (Å²) in [6.45, 7) is 0.319. The summed E-state index contributed by atoms with van der Waals surface area (Å²) >= 11 is 12.0. The highest BCUT2D eigenvalue weighted by Crippen LogP contribution is 2.41. The molecule has 0 saturated carbocycles. The number of rotatable bonds is 2. The lowest BCUT2D eigenvalue weighted by molar-refractivity contribution is -0.0755. The van der Waals surface area contributed by atoms with Crippen LogP contribution in [0.3, 0.4) is 0 Å². The molecule has 1 aromatic rings. The van der Waals surface area contributed by atoms with Crippen LogP contribution in [0.5, 0.6) is 0 Å². The van der Waals surface area contributed by atoms with E-state index < -0.39 is 23.9 Å². The number of hydrogen-bond acceptors (Lipinski definition) is 4. The second kappa shape index (κ2) is 4.88. The highest BCUT2D eigenvalue weighted by Gasteiger charge is 2.59. The number of aliphatic hydroxyl groups excluding tert-OH is 2. The summed E-state index contributed by atoms with van der Waals surface area (Å²) in [5, 5.41) is 21.1. The summed E-state index contributed by atoms with van der Waals surface area (Å²) in [6, 6.07) is 5.19. The van der Waals surface area contributed by atoms with Crippen molar-refractivity contribution in [3.63, 3.8) is 0 Å². The second-order valence-electron chi connectivity index (χ2n) is 5.02. The Bertz CT molecular complexity index is 496. The van der Waals surface area contributed by atoms with E-state index in [4.69, 9.17) is 32.7 Å². The molecule has 1 aromatic carbocycles. The molecule has 3 rings (SSSR count). The molecule has 0 bridgehead atoms. The smallest absolute Gasteiger partial charge is 0.129 e. The highest BCUT2D eigenvalue weighted by molar-refractivity contribution is 6.35. The zero-order chi connectivity index (χ0) is 13.6. The topological polar surface area (TPSA) is 58.9 Å². The number of halogens is 2. The molecule has 2 aliphatic rings. The number of hydrogen-bond donors (Lipinski definition) is 2. The van der Waals surface area contributed by atoms with Gasteiger partial charge in [0.05, 0.1) is 13.2 Å². The lowest BCUT2D eigenvalue weighted by Crippen LogP contribution is -2.49. The van der Waals surface area contributed by atoms with Gasteiger partial charge in [-0.2, -0.15) is 0 Å². The molecule has 0 radical (unpaired) electrons. The Hall–Kier alpha value is -0.360. The van der Waals surface area contributed by atoms with E-state index in [-0.39, 0.29) is 13.2 Å². The molecule has 2 fully saturated rings. The summed E-state index contributed by atoms with van der Waals surface area (Å²) in [5.41, 5.74) is -0.105. The molecule has 0 aromatic heterocycles. The van der Waals surface area contributed by atoms with Crippen molar-refractivity contribution >= 4 is 23.2 Å². The zero-order valence-corrected chi connectivity index (χ0v) is 11.6. The van der Waals surface area contributed by atoms with Gasteiger partial charge in [0, 0.05) is 16.5 Å². The lowest BCUT2D eigenvalue weighted by atomic mass is 9.86. The fourth-order valence-corrected chi connectivity index (χ4v) is 3.32. The molecule has 2 N–H and O–H groups in total. The van der Waals surface area contributed by atoms with Crippen LogP contribution in [0.15, 0.2) is 18.2 Å². The van der Waals surface area contributed by atoms with Gasteiger partial charge in [-0.25, -0.2) is 0 Å². The predicted octanol–water partition coefficient (Wildman–Crippen LogP) is 1.43. The molecular formula is C13H14Cl2O4. The molecule has 0 aliphatic carbocycles. The van der Waals surface area contributed by atoms with E-state index >= 15 is 0 Å². The molecule has 0 amide bonds. The second-order valence-corrected chi connectivity index (χ2v) is 5.86. The predicted molar refractivity (Wildman–Crippen MR) is 70.6 cm³/mol. The van der Waals surface area contributed by atoms with Gasteiger partial charge in [0.1, 0.15) is 23.9 Å². The normalized spacial score (nSPS) is 37.6. The van der Waals surface area contributed by atoms with Crippen molar-refractivity contribution in [1.82, 2.24) is 0 Å². The van der Waals surface area contributed by atoms with Gasteiger partial charge in [-0.15, -0.1) is 0 Å². The van der Waals surface area contributed by atoms with E-state index in [1.807, 2.05) is 0 Å². The van der Waals surface area contributed by atoms with Gasteiger partial charge in [-0.3, -0.25) is 0 Å². The van der Waals surface area contributed by atoms with Crippen LogP contribution in [-0.2, 0) is 15.9 Å². The van der Waals surface area contributed by atoms with E-state index in [0.29, 0.717) is 16.5 Å². The molecule has 4 atom stereocenters. The van der Waals surface area contributed by atoms with Gasteiger partial charge >= 0.3 is 0 Å². The zero-order valence-electron chi connectivity index (χ0n) is 10.1. The third-order valence-corrected chi connectivity index (χ3v) is 4.42. The van der Waals surface area contributed by atoms with Gasteiger partial charge in [-0.05, 0) is 17.7 Å². The average molecular weight is 305 g/mol. The third-order valence-electron chi connectivity index (χ3n) is 3.83. The maximum Gasteiger partial charge on any atom is 0.129 e. The van der Waals surface area contributed by atoms with Crippen LogP contribution in [0.4, 0.5) is 0 Å². The van der Waals surface area contributed by atoms with Crippen molar-refractivity contribution in [1.29, 1.82) is 0 Å². The Morgan fingerprint density at radius 1 is 1.26 bits per heavy atom. The first-order valence-electron chi connectivity index (χ1n) is 6.08. The van der Waals surface area contributed by atoms with E-state index in [0.717, 1.165) is 5.56 Å². The highest BCUT2D eigenvalue weighted by atomic mass is 35.5. The van der Waals surface area contributed by atoms with Crippen LogP contribution >= 0.6 is 23.2 Å². The lowest BCUT2D eigenvalue weighted by Gasteiger charge is -2.30. The van der Waals surface area contributed by atoms with Crippen LogP contribution in [0.25, 0.3) is 0 Å². The number of benzene rings is 1. The maximum absolute atomic E-state index is 10.1. The minimum absolute atomic E-state index is 0.160. The molecular weight excluding hydrogens is 291 g/mol. The summed E-state index contributed by atoms with van der Waals surface area (Å²) < 4.78 is 11.1. The molecule has 6 heteroatoms. The van der Waals surface area contributed by atoms with Crippen molar-refractivity contribution in [2.75, 3.05) is 13.2 Å². The van der Waals surface area contributed by atoms with E-state index in [2.05, 4.69) is 0 Å². The standard InChI is InChI=1S/C13H14Cl2O4/c14-8-2-1-7(9(15)3-8)4-13-11(17)6-18-12(13)10(16)5-19-13/h1-3,10-12,16-17H,4-6H2/t10-,11+,12-,13-/m1/s1. The Balaban J connectivity index is 1.92. The summed E-state index contributed by atoms with van der Waals surface area (Å²) in [6.07, 6.45) is -1.63. The van der Waals surface area contributed by atoms with Crippen LogP contribution in [0.1, 0.15) is 5.56 Å². The fourth-order valence-electron chi connectivity index (χ4n) is 2.84. The van der Waals surface area contributed by atoms with Crippen LogP contribution < -0.4 is 0 Å². The summed E-state index contributed by atoms with van der Waals surface area (Å²) in [5.74, 6) is 0. The van der Waals surface area contributed by atoms with Crippen LogP contribution in [0.2, 0.25) is 10.0 Å². The Kier molecular flexibility index (Phi) is 3.50. The van der Waals surface area contributed by atoms with Gasteiger partial charge in [0.25, 0.3) is 0 Å². The van der Waals surface area contributed by atoms with Crippen molar-refractivity contribution in [3.05, 3.63) is 33.8 Å². The summed E-state index contributed by atoms with van der Waals surface area (Å²) in [7, 11) is 0. The van der Waals surface area contributed by atoms with E-state index in [1.165, 1.54) is 0 Å². The van der Waals surface area contributed by atoms with Crippen LogP contribution in [0, 0.1) is 0 Å². The van der Waals surface area contributed by atoms with Crippen LogP contribution in [-0.4, -0.2) is 47.3 Å². The molecule has 2 heterocycles. The number of ether oxygens (including phenoxy) is 2. The van der Waals surface area contributed by atoms with Crippen molar-refractivity contribution in [2.45, 2.75) is 30.3 Å². The Labute approximate surface area is 120 Å². The minimum atomic E-state index is -0.920. The molecule has 19 heavy (non-hydrogen) atoms. The molecule has 0 spiro atoms. The minimum Gasteiger partial charge on any atom is -0.388 e. The largest absolute Gasteiger partial charge is 0.388 e. The van der Waals surface area contributed by atoms with Gasteiger partial charge in [0.2, 0.25) is 0 Å². The third kappa shape index (κ3) is 2.17. The number of aliphatic hydroxyl groups is 2. The molecule has 4 nitrogen and oxygen atoms in total. The van der Waals surface area contributed by atoms with Gasteiger partial charge < -0.3 is 19.7 Å². The van der Waals surface area contributed by atoms with Crippen molar-refractivity contribution in [3.8, 4) is 0 Å². The monoisotopic (exact) mass is 304 g/mol. The van der Waals surface area contributed by atoms with Gasteiger partial charge in [-0.1, -0.05) is 29.3 Å². The first-order valence-corrected chi connectivity index (χ1v) is 6.84.